The minimum Gasteiger partial charge on any atom is -0.369 e. The summed E-state index contributed by atoms with van der Waals surface area (Å²) in [5.74, 6) is -0.231. The molecule has 76 valence electrons. The lowest BCUT2D eigenvalue weighted by Gasteiger charge is -2.34. The Bertz CT molecular complexity index is 201. The molecule has 0 aliphatic heterocycles. The van der Waals surface area contributed by atoms with Crippen LogP contribution in [0.3, 0.4) is 0 Å². The van der Waals surface area contributed by atoms with Crippen LogP contribution in [0, 0.1) is 5.41 Å². The van der Waals surface area contributed by atoms with E-state index in [0.29, 0.717) is 18.0 Å². The number of rotatable bonds is 3. The second kappa shape index (κ2) is 3.66. The summed E-state index contributed by atoms with van der Waals surface area (Å²) in [5.41, 5.74) is 5.51. The number of nitrogens with zero attached hydrogens (tertiary/aromatic N) is 1. The van der Waals surface area contributed by atoms with E-state index in [4.69, 9.17) is 5.73 Å². The van der Waals surface area contributed by atoms with E-state index >= 15 is 0 Å². The van der Waals surface area contributed by atoms with Crippen molar-refractivity contribution < 1.29 is 4.79 Å². The molecule has 2 N–H and O–H groups in total. The lowest BCUT2D eigenvalue weighted by Crippen LogP contribution is -2.43. The monoisotopic (exact) mass is 184 g/mol. The predicted octanol–water partition coefficient (Wildman–Crippen LogP) is 0.982. The van der Waals surface area contributed by atoms with Gasteiger partial charge in [-0.15, -0.1) is 0 Å². The van der Waals surface area contributed by atoms with E-state index in [2.05, 4.69) is 18.7 Å². The summed E-state index contributed by atoms with van der Waals surface area (Å²) in [4.78, 5) is 12.9. The zero-order valence-corrected chi connectivity index (χ0v) is 8.84. The number of nitrogens with two attached hydrogens (primary N) is 1. The van der Waals surface area contributed by atoms with Crippen LogP contribution in [0.2, 0.25) is 0 Å². The number of likely N-dealkylation sites (N-methyl/N-ethyl adjacent to an activating group) is 1. The maximum atomic E-state index is 10.8. The van der Waals surface area contributed by atoms with Gasteiger partial charge in [-0.05, 0) is 25.3 Å². The molecule has 1 amide bonds. The first-order valence-electron chi connectivity index (χ1n) is 4.92. The third kappa shape index (κ3) is 2.44. The Morgan fingerprint density at radius 1 is 1.62 bits per heavy atom. The van der Waals surface area contributed by atoms with E-state index in [9.17, 15) is 4.79 Å². The van der Waals surface area contributed by atoms with Crippen molar-refractivity contribution in [3.8, 4) is 0 Å². The van der Waals surface area contributed by atoms with Crippen molar-refractivity contribution in [3.63, 3.8) is 0 Å². The van der Waals surface area contributed by atoms with E-state index in [1.54, 1.807) is 0 Å². The van der Waals surface area contributed by atoms with Crippen LogP contribution in [0.4, 0.5) is 0 Å². The molecule has 1 aliphatic carbocycles. The maximum absolute atomic E-state index is 10.8. The molecule has 1 rings (SSSR count). The summed E-state index contributed by atoms with van der Waals surface area (Å²) in [6.07, 6.45) is 3.71. The molecule has 1 unspecified atom stereocenters. The highest BCUT2D eigenvalue weighted by Crippen LogP contribution is 2.39. The fraction of sp³-hybridized carbons (Fsp3) is 0.900. The number of carbonyl (C=O) groups excluding carboxylic acids is 1. The zero-order valence-electron chi connectivity index (χ0n) is 8.84. The second-order valence-corrected chi connectivity index (χ2v) is 4.78. The molecule has 0 heterocycles. The van der Waals surface area contributed by atoms with Crippen LogP contribution in [0.1, 0.15) is 33.1 Å². The minimum absolute atomic E-state index is 0.231. The molecule has 1 atom stereocenters. The molecule has 1 fully saturated rings. The van der Waals surface area contributed by atoms with Crippen molar-refractivity contribution in [2.45, 2.75) is 39.2 Å². The van der Waals surface area contributed by atoms with Gasteiger partial charge in [-0.3, -0.25) is 9.69 Å². The molecular formula is C10H20N2O. The largest absolute Gasteiger partial charge is 0.369 e. The van der Waals surface area contributed by atoms with Crippen LogP contribution in [-0.4, -0.2) is 30.4 Å². The highest BCUT2D eigenvalue weighted by molar-refractivity contribution is 5.75. The molecule has 0 saturated heterocycles. The van der Waals surface area contributed by atoms with Crippen LogP contribution in [0.25, 0.3) is 0 Å². The van der Waals surface area contributed by atoms with Gasteiger partial charge in [0.05, 0.1) is 6.54 Å². The first-order valence-corrected chi connectivity index (χ1v) is 4.92. The first kappa shape index (κ1) is 10.5. The summed E-state index contributed by atoms with van der Waals surface area (Å²) in [6, 6.07) is 0.514. The average molecular weight is 184 g/mol. The topological polar surface area (TPSA) is 46.3 Å². The van der Waals surface area contributed by atoms with E-state index in [1.807, 2.05) is 7.05 Å². The number of hydrogen-bond acceptors (Lipinski definition) is 2. The molecule has 0 aromatic rings. The summed E-state index contributed by atoms with van der Waals surface area (Å²) < 4.78 is 0. The van der Waals surface area contributed by atoms with Gasteiger partial charge in [0.1, 0.15) is 0 Å². The van der Waals surface area contributed by atoms with Crippen LogP contribution in [0.5, 0.6) is 0 Å². The van der Waals surface area contributed by atoms with Gasteiger partial charge in [0, 0.05) is 6.04 Å². The molecular weight excluding hydrogens is 164 g/mol. The van der Waals surface area contributed by atoms with Crippen LogP contribution in [-0.2, 0) is 4.79 Å². The Morgan fingerprint density at radius 3 is 2.62 bits per heavy atom. The SMILES string of the molecule is CN(CC(N)=O)C1CCCC1(C)C. The lowest BCUT2D eigenvalue weighted by molar-refractivity contribution is -0.119. The van der Waals surface area contributed by atoms with Crippen molar-refractivity contribution in [2.24, 2.45) is 11.1 Å². The minimum atomic E-state index is -0.231. The molecule has 1 aliphatic rings. The summed E-state index contributed by atoms with van der Waals surface area (Å²) >= 11 is 0. The van der Waals surface area contributed by atoms with Gasteiger partial charge in [-0.2, -0.15) is 0 Å². The second-order valence-electron chi connectivity index (χ2n) is 4.78. The fourth-order valence-corrected chi connectivity index (χ4v) is 2.48. The highest BCUT2D eigenvalue weighted by atomic mass is 16.1. The van der Waals surface area contributed by atoms with E-state index in [0.717, 1.165) is 0 Å². The van der Waals surface area contributed by atoms with Crippen LogP contribution in [0.15, 0.2) is 0 Å². The summed E-state index contributed by atoms with van der Waals surface area (Å²) in [7, 11) is 1.99. The van der Waals surface area contributed by atoms with Gasteiger partial charge in [0.15, 0.2) is 0 Å². The Hall–Kier alpha value is -0.570. The third-order valence-corrected chi connectivity index (χ3v) is 3.14. The van der Waals surface area contributed by atoms with Gasteiger partial charge in [-0.1, -0.05) is 20.3 Å². The third-order valence-electron chi connectivity index (χ3n) is 3.14. The van der Waals surface area contributed by atoms with Gasteiger partial charge < -0.3 is 5.73 Å². The van der Waals surface area contributed by atoms with Crippen molar-refractivity contribution in [1.29, 1.82) is 0 Å². The molecule has 0 radical (unpaired) electrons. The number of hydrogen-bond donors (Lipinski definition) is 1. The van der Waals surface area contributed by atoms with Crippen LogP contribution >= 0.6 is 0 Å². The Balaban J connectivity index is 2.55. The zero-order chi connectivity index (χ0) is 10.1. The fourth-order valence-electron chi connectivity index (χ4n) is 2.48. The normalized spacial score (nSPS) is 26.6. The van der Waals surface area contributed by atoms with Gasteiger partial charge in [0.25, 0.3) is 0 Å². The molecule has 1 saturated carbocycles. The molecule has 3 heteroatoms. The van der Waals surface area contributed by atoms with Gasteiger partial charge >= 0.3 is 0 Å². The predicted molar refractivity (Wildman–Crippen MR) is 53.2 cm³/mol. The van der Waals surface area contributed by atoms with Crippen molar-refractivity contribution in [3.05, 3.63) is 0 Å². The Labute approximate surface area is 80.3 Å². The maximum Gasteiger partial charge on any atom is 0.231 e. The average Bonchev–Trinajstić information content (AvgIpc) is 2.27. The van der Waals surface area contributed by atoms with Gasteiger partial charge in [0.2, 0.25) is 5.91 Å². The van der Waals surface area contributed by atoms with Crippen LogP contribution < -0.4 is 5.73 Å². The van der Waals surface area contributed by atoms with E-state index in [-0.39, 0.29) is 5.91 Å². The summed E-state index contributed by atoms with van der Waals surface area (Å²) in [6.45, 7) is 4.92. The number of amides is 1. The molecule has 13 heavy (non-hydrogen) atoms. The van der Waals surface area contributed by atoms with Gasteiger partial charge in [-0.25, -0.2) is 0 Å². The van der Waals surface area contributed by atoms with Crippen molar-refractivity contribution in [1.82, 2.24) is 4.90 Å². The first-order chi connectivity index (χ1) is 5.93. The molecule has 3 nitrogen and oxygen atoms in total. The quantitative estimate of drug-likeness (QED) is 0.710. The van der Waals surface area contributed by atoms with E-state index in [1.165, 1.54) is 19.3 Å². The number of primary amides is 1. The molecule has 0 aromatic heterocycles. The smallest absolute Gasteiger partial charge is 0.231 e. The van der Waals surface area contributed by atoms with E-state index < -0.39 is 0 Å². The Morgan fingerprint density at radius 2 is 2.23 bits per heavy atom. The highest BCUT2D eigenvalue weighted by Gasteiger charge is 2.37. The molecule has 0 aromatic carbocycles. The Kier molecular flexibility index (Phi) is 2.96. The lowest BCUT2D eigenvalue weighted by atomic mass is 9.86. The molecule has 0 bridgehead atoms. The summed E-state index contributed by atoms with van der Waals surface area (Å²) in [5, 5.41) is 0. The molecule has 0 spiro atoms. The van der Waals surface area contributed by atoms with Crippen molar-refractivity contribution in [2.75, 3.05) is 13.6 Å². The standard InChI is InChI=1S/C10H20N2O/c1-10(2)6-4-5-8(10)12(3)7-9(11)13/h8H,4-7H2,1-3H3,(H2,11,13). The van der Waals surface area contributed by atoms with Crippen molar-refractivity contribution >= 4 is 5.91 Å². The number of carbonyl (C=O) groups is 1.